The molecule has 0 aliphatic carbocycles. The van der Waals surface area contributed by atoms with Crippen LogP contribution in [0.5, 0.6) is 5.75 Å². The van der Waals surface area contributed by atoms with Crippen molar-refractivity contribution in [2.24, 2.45) is 0 Å². The van der Waals surface area contributed by atoms with Gasteiger partial charge in [-0.2, -0.15) is 0 Å². The molecule has 0 amide bonds. The zero-order valence-electron chi connectivity index (χ0n) is 12.7. The van der Waals surface area contributed by atoms with E-state index in [1.54, 1.807) is 6.07 Å². The van der Waals surface area contributed by atoms with Crippen molar-refractivity contribution in [2.45, 2.75) is 13.2 Å². The molecule has 0 radical (unpaired) electrons. The van der Waals surface area contributed by atoms with Gasteiger partial charge in [0.1, 0.15) is 12.4 Å². The summed E-state index contributed by atoms with van der Waals surface area (Å²) in [5.41, 5.74) is 0.865. The van der Waals surface area contributed by atoms with Crippen LogP contribution in [0.25, 0.3) is 0 Å². The van der Waals surface area contributed by atoms with Gasteiger partial charge < -0.3 is 14.2 Å². The fourth-order valence-electron chi connectivity index (χ4n) is 2.37. The minimum Gasteiger partial charge on any atom is -0.467 e. The van der Waals surface area contributed by atoms with Crippen LogP contribution in [-0.4, -0.2) is 17.7 Å². The molecule has 2 aromatic carbocycles. The van der Waals surface area contributed by atoms with Gasteiger partial charge in [-0.15, -0.1) is 0 Å². The third-order valence-electron chi connectivity index (χ3n) is 3.49. The highest BCUT2D eigenvalue weighted by Gasteiger charge is 2.22. The monoisotopic (exact) mass is 383 g/mol. The van der Waals surface area contributed by atoms with Crippen molar-refractivity contribution in [1.82, 2.24) is 0 Å². The fraction of sp³-hybridized carbons (Fsp3) is 0.188. The third-order valence-corrected chi connectivity index (χ3v) is 4.05. The molecule has 0 bridgehead atoms. The van der Waals surface area contributed by atoms with Crippen molar-refractivity contribution >= 4 is 34.9 Å². The van der Waals surface area contributed by atoms with Gasteiger partial charge in [0.2, 0.25) is 0 Å². The second-order valence-electron chi connectivity index (χ2n) is 5.16. The van der Waals surface area contributed by atoms with Gasteiger partial charge in [0.05, 0.1) is 22.1 Å². The molecule has 1 aliphatic rings. The Balaban J connectivity index is 1.85. The number of benzene rings is 2. The predicted octanol–water partition coefficient (Wildman–Crippen LogP) is 4.13. The van der Waals surface area contributed by atoms with Gasteiger partial charge >= 0.3 is 5.97 Å². The minimum absolute atomic E-state index is 0.0197. The lowest BCUT2D eigenvalue weighted by Gasteiger charge is -2.20. The van der Waals surface area contributed by atoms with Crippen LogP contribution in [0.1, 0.15) is 21.5 Å². The summed E-state index contributed by atoms with van der Waals surface area (Å²) in [6, 6.07) is 7.09. The number of fused-ring (bicyclic) bond motifs is 1. The molecule has 3 rings (SSSR count). The number of hydrogen-bond acceptors (Lipinski definition) is 6. The van der Waals surface area contributed by atoms with Crippen LogP contribution in [0.15, 0.2) is 30.3 Å². The average Bonchev–Trinajstić information content (AvgIpc) is 2.61. The van der Waals surface area contributed by atoms with E-state index in [1.807, 2.05) is 0 Å². The van der Waals surface area contributed by atoms with Crippen LogP contribution in [0.4, 0.5) is 5.69 Å². The summed E-state index contributed by atoms with van der Waals surface area (Å²) in [6.45, 7) is -0.0182. The van der Waals surface area contributed by atoms with E-state index in [1.165, 1.54) is 24.3 Å². The second-order valence-corrected chi connectivity index (χ2v) is 6.00. The van der Waals surface area contributed by atoms with Crippen molar-refractivity contribution < 1.29 is 23.9 Å². The zero-order valence-corrected chi connectivity index (χ0v) is 14.2. The first kappa shape index (κ1) is 17.5. The first-order chi connectivity index (χ1) is 12.0. The molecule has 1 aliphatic heterocycles. The van der Waals surface area contributed by atoms with Crippen molar-refractivity contribution in [3.8, 4) is 5.75 Å². The highest BCUT2D eigenvalue weighted by atomic mass is 35.5. The predicted molar refractivity (Wildman–Crippen MR) is 89.0 cm³/mol. The van der Waals surface area contributed by atoms with E-state index in [-0.39, 0.29) is 36.3 Å². The van der Waals surface area contributed by atoms with E-state index in [0.717, 1.165) is 0 Å². The number of nitro groups is 1. The Morgan fingerprint density at radius 1 is 1.28 bits per heavy atom. The SMILES string of the molecule is O=C(OCc1cc([N+](=O)[O-])cc2c1OCOC2)c1cc(Cl)ccc1Cl. The van der Waals surface area contributed by atoms with Crippen LogP contribution in [-0.2, 0) is 22.7 Å². The maximum atomic E-state index is 12.2. The summed E-state index contributed by atoms with van der Waals surface area (Å²) in [4.78, 5) is 22.7. The van der Waals surface area contributed by atoms with Gasteiger partial charge in [-0.25, -0.2) is 4.79 Å². The molecule has 25 heavy (non-hydrogen) atoms. The number of nitrogens with zero attached hydrogens (tertiary/aromatic N) is 1. The van der Waals surface area contributed by atoms with Gasteiger partial charge in [-0.05, 0) is 18.2 Å². The quantitative estimate of drug-likeness (QED) is 0.448. The smallest absolute Gasteiger partial charge is 0.340 e. The van der Waals surface area contributed by atoms with Crippen LogP contribution < -0.4 is 4.74 Å². The number of hydrogen-bond donors (Lipinski definition) is 0. The van der Waals surface area contributed by atoms with E-state index < -0.39 is 10.9 Å². The summed E-state index contributed by atoms with van der Waals surface area (Å²) in [5, 5.41) is 11.6. The number of non-ortho nitro benzene ring substituents is 1. The number of carbonyl (C=O) groups is 1. The third kappa shape index (κ3) is 3.84. The molecule has 0 fully saturated rings. The molecule has 7 nitrogen and oxygen atoms in total. The fourth-order valence-corrected chi connectivity index (χ4v) is 2.74. The molecular weight excluding hydrogens is 373 g/mol. The summed E-state index contributed by atoms with van der Waals surface area (Å²) >= 11 is 11.8. The number of rotatable bonds is 4. The first-order valence-corrected chi connectivity index (χ1v) is 7.84. The molecule has 0 N–H and O–H groups in total. The first-order valence-electron chi connectivity index (χ1n) is 7.08. The molecule has 0 aromatic heterocycles. The number of ether oxygens (including phenoxy) is 3. The van der Waals surface area contributed by atoms with Crippen LogP contribution in [0, 0.1) is 10.1 Å². The van der Waals surface area contributed by atoms with Crippen LogP contribution in [0.2, 0.25) is 10.0 Å². The summed E-state index contributed by atoms with van der Waals surface area (Å²) < 4.78 is 15.7. The molecule has 9 heteroatoms. The largest absolute Gasteiger partial charge is 0.467 e. The maximum absolute atomic E-state index is 12.2. The lowest BCUT2D eigenvalue weighted by atomic mass is 10.1. The summed E-state index contributed by atoms with van der Waals surface area (Å²) in [6.07, 6.45) is 0. The van der Waals surface area contributed by atoms with Crippen molar-refractivity contribution in [2.75, 3.05) is 6.79 Å². The van der Waals surface area contributed by atoms with Gasteiger partial charge in [-0.1, -0.05) is 23.2 Å². The molecule has 2 aromatic rings. The normalized spacial score (nSPS) is 12.9. The lowest BCUT2D eigenvalue weighted by molar-refractivity contribution is -0.385. The summed E-state index contributed by atoms with van der Waals surface area (Å²) in [7, 11) is 0. The maximum Gasteiger partial charge on any atom is 0.340 e. The van der Waals surface area contributed by atoms with E-state index in [0.29, 0.717) is 21.9 Å². The molecule has 0 spiro atoms. The Hall–Kier alpha value is -2.35. The Morgan fingerprint density at radius 3 is 2.84 bits per heavy atom. The lowest BCUT2D eigenvalue weighted by Crippen LogP contribution is -2.15. The van der Waals surface area contributed by atoms with Crippen LogP contribution >= 0.6 is 23.2 Å². The molecule has 0 atom stereocenters. The van der Waals surface area contributed by atoms with Gasteiger partial charge in [0, 0.05) is 28.3 Å². The molecular formula is C16H11Cl2NO6. The molecule has 130 valence electrons. The van der Waals surface area contributed by atoms with Gasteiger partial charge in [-0.3, -0.25) is 10.1 Å². The Bertz CT molecular complexity index is 855. The van der Waals surface area contributed by atoms with E-state index in [9.17, 15) is 14.9 Å². The second kappa shape index (κ2) is 7.26. The Kier molecular flexibility index (Phi) is 5.08. The molecule has 0 unspecified atom stereocenters. The Labute approximate surface area is 152 Å². The van der Waals surface area contributed by atoms with Crippen LogP contribution in [0.3, 0.4) is 0 Å². The molecule has 0 saturated heterocycles. The standard InChI is InChI=1S/C16H11Cl2NO6/c17-11-1-2-14(18)13(5-11)16(20)24-7-10-4-12(19(21)22)3-9-6-23-8-25-15(9)10/h1-5H,6-8H2. The highest BCUT2D eigenvalue weighted by molar-refractivity contribution is 6.35. The molecule has 0 saturated carbocycles. The number of halogens is 2. The summed E-state index contributed by atoms with van der Waals surface area (Å²) in [5.74, 6) is -0.276. The number of carbonyl (C=O) groups excluding carboxylic acids is 1. The molecule has 1 heterocycles. The van der Waals surface area contributed by atoms with Crippen molar-refractivity contribution in [3.05, 3.63) is 67.2 Å². The number of esters is 1. The Morgan fingerprint density at radius 2 is 2.08 bits per heavy atom. The van der Waals surface area contributed by atoms with Crippen molar-refractivity contribution in [3.63, 3.8) is 0 Å². The number of nitro benzene ring substituents is 1. The van der Waals surface area contributed by atoms with E-state index in [2.05, 4.69) is 0 Å². The van der Waals surface area contributed by atoms with Gasteiger partial charge in [0.15, 0.2) is 6.79 Å². The van der Waals surface area contributed by atoms with E-state index >= 15 is 0 Å². The topological polar surface area (TPSA) is 87.9 Å². The minimum atomic E-state index is -0.695. The highest BCUT2D eigenvalue weighted by Crippen LogP contribution is 2.33. The van der Waals surface area contributed by atoms with Gasteiger partial charge in [0.25, 0.3) is 5.69 Å². The van der Waals surface area contributed by atoms with Crippen molar-refractivity contribution in [1.29, 1.82) is 0 Å². The average molecular weight is 384 g/mol. The zero-order chi connectivity index (χ0) is 18.0. The van der Waals surface area contributed by atoms with E-state index in [4.69, 9.17) is 37.4 Å².